The molecular formula is C78H152O17P2. The molecule has 6 atom stereocenters. The number of aliphatic hydroxyl groups excluding tert-OH is 1. The van der Waals surface area contributed by atoms with Gasteiger partial charge in [0, 0.05) is 25.7 Å². The zero-order valence-electron chi connectivity index (χ0n) is 63.2. The van der Waals surface area contributed by atoms with E-state index in [1.165, 1.54) is 238 Å². The van der Waals surface area contributed by atoms with E-state index in [0.29, 0.717) is 25.7 Å². The average Bonchev–Trinajstić information content (AvgIpc) is 1.95. The molecular weight excluding hydrogens is 1270 g/mol. The van der Waals surface area contributed by atoms with E-state index in [1.54, 1.807) is 0 Å². The molecule has 17 nitrogen and oxygen atoms in total. The van der Waals surface area contributed by atoms with E-state index < -0.39 is 97.5 Å². The maximum absolute atomic E-state index is 13.1. The summed E-state index contributed by atoms with van der Waals surface area (Å²) in [5.41, 5.74) is 0. The zero-order valence-corrected chi connectivity index (χ0v) is 65.0. The van der Waals surface area contributed by atoms with Crippen molar-refractivity contribution in [3.63, 3.8) is 0 Å². The van der Waals surface area contributed by atoms with Crippen LogP contribution in [0.4, 0.5) is 0 Å². The minimum absolute atomic E-state index is 0.108. The van der Waals surface area contributed by atoms with Crippen molar-refractivity contribution in [1.29, 1.82) is 0 Å². The number of carbonyl (C=O) groups is 4. The Bertz CT molecular complexity index is 1860. The fourth-order valence-electron chi connectivity index (χ4n) is 12.0. The Labute approximate surface area is 594 Å². The Hall–Kier alpha value is -1.94. The maximum atomic E-state index is 13.1. The van der Waals surface area contributed by atoms with Crippen molar-refractivity contribution in [2.75, 3.05) is 39.6 Å². The van der Waals surface area contributed by atoms with Crippen LogP contribution in [-0.4, -0.2) is 96.7 Å². The molecule has 0 aromatic carbocycles. The molecule has 0 aliphatic carbocycles. The number of hydrogen-bond donors (Lipinski definition) is 3. The van der Waals surface area contributed by atoms with Crippen LogP contribution in [0.15, 0.2) is 0 Å². The number of rotatable bonds is 78. The third kappa shape index (κ3) is 70.9. The molecule has 0 fully saturated rings. The Kier molecular flexibility index (Phi) is 69.6. The minimum Gasteiger partial charge on any atom is -0.462 e. The topological polar surface area (TPSA) is 237 Å². The van der Waals surface area contributed by atoms with E-state index in [2.05, 4.69) is 34.6 Å². The second kappa shape index (κ2) is 71.1. The number of carbonyl (C=O) groups excluding carboxylic acids is 4. The van der Waals surface area contributed by atoms with Gasteiger partial charge >= 0.3 is 39.5 Å². The molecule has 0 aliphatic rings. The van der Waals surface area contributed by atoms with Gasteiger partial charge in [0.15, 0.2) is 12.2 Å². The Balaban J connectivity index is 5.18. The van der Waals surface area contributed by atoms with Gasteiger partial charge in [0.25, 0.3) is 0 Å². The first kappa shape index (κ1) is 95.1. The second-order valence-electron chi connectivity index (χ2n) is 28.3. The first-order valence-corrected chi connectivity index (χ1v) is 43.7. The normalized spacial score (nSPS) is 14.2. The first-order valence-electron chi connectivity index (χ1n) is 40.7. The summed E-state index contributed by atoms with van der Waals surface area (Å²) in [4.78, 5) is 72.8. The fourth-order valence-corrected chi connectivity index (χ4v) is 13.6. The Morgan fingerprint density at radius 2 is 0.495 bits per heavy atom. The Morgan fingerprint density at radius 1 is 0.289 bits per heavy atom. The van der Waals surface area contributed by atoms with Gasteiger partial charge in [0.05, 0.1) is 26.4 Å². The SMILES string of the molecule is CCCCCCCCCCCCCCCCC(=O)OC[C@H](COP(=O)(O)OC[C@@H](O)COP(=O)(O)OC[C@@H](COC(=O)CCCCCCCCCCC)OC(=O)CCCCCCCCCCCCCC)OC(=O)CCCCCCCCCCCCCCCCCCCCC(C)CC. The van der Waals surface area contributed by atoms with Crippen LogP contribution < -0.4 is 0 Å². The van der Waals surface area contributed by atoms with Crippen molar-refractivity contribution in [2.45, 2.75) is 432 Å². The number of phosphoric ester groups is 2. The smallest absolute Gasteiger partial charge is 0.462 e. The largest absolute Gasteiger partial charge is 0.472 e. The third-order valence-electron chi connectivity index (χ3n) is 18.6. The number of unbranched alkanes of at least 4 members (excludes halogenated alkanes) is 49. The fraction of sp³-hybridized carbons (Fsp3) is 0.949. The molecule has 97 heavy (non-hydrogen) atoms. The molecule has 0 saturated heterocycles. The molecule has 0 amide bonds. The van der Waals surface area contributed by atoms with Gasteiger partial charge in [-0.2, -0.15) is 0 Å². The molecule has 0 aromatic rings. The summed E-state index contributed by atoms with van der Waals surface area (Å²) in [6.07, 6.45) is 61.0. The summed E-state index contributed by atoms with van der Waals surface area (Å²) in [7, 11) is -9.91. The van der Waals surface area contributed by atoms with E-state index in [-0.39, 0.29) is 25.7 Å². The lowest BCUT2D eigenvalue weighted by Gasteiger charge is -2.21. The molecule has 0 aromatic heterocycles. The van der Waals surface area contributed by atoms with Gasteiger partial charge in [0.1, 0.15) is 19.3 Å². The predicted octanol–water partition coefficient (Wildman–Crippen LogP) is 23.3. The van der Waals surface area contributed by atoms with Crippen LogP contribution in [-0.2, 0) is 65.4 Å². The molecule has 0 radical (unpaired) electrons. The van der Waals surface area contributed by atoms with Gasteiger partial charge < -0.3 is 33.8 Å². The molecule has 0 heterocycles. The average molecular weight is 1420 g/mol. The van der Waals surface area contributed by atoms with Crippen molar-refractivity contribution < 1.29 is 80.2 Å². The quantitative estimate of drug-likeness (QED) is 0.0222. The second-order valence-corrected chi connectivity index (χ2v) is 31.3. The van der Waals surface area contributed by atoms with Crippen LogP contribution in [0, 0.1) is 5.92 Å². The van der Waals surface area contributed by atoms with Crippen LogP contribution in [0.1, 0.15) is 413 Å². The number of hydrogen-bond acceptors (Lipinski definition) is 15. The van der Waals surface area contributed by atoms with Gasteiger partial charge in [-0.1, -0.05) is 362 Å². The van der Waals surface area contributed by atoms with Crippen molar-refractivity contribution in [2.24, 2.45) is 5.92 Å². The van der Waals surface area contributed by atoms with E-state index in [4.69, 9.17) is 37.0 Å². The van der Waals surface area contributed by atoms with E-state index in [1.807, 2.05) is 0 Å². The van der Waals surface area contributed by atoms with Gasteiger partial charge in [-0.15, -0.1) is 0 Å². The highest BCUT2D eigenvalue weighted by atomic mass is 31.2. The lowest BCUT2D eigenvalue weighted by Crippen LogP contribution is -2.30. The summed E-state index contributed by atoms with van der Waals surface area (Å²) < 4.78 is 68.5. The maximum Gasteiger partial charge on any atom is 0.472 e. The van der Waals surface area contributed by atoms with Gasteiger partial charge in [0.2, 0.25) is 0 Å². The summed E-state index contributed by atoms with van der Waals surface area (Å²) >= 11 is 0. The van der Waals surface area contributed by atoms with Crippen molar-refractivity contribution >= 4 is 39.5 Å². The van der Waals surface area contributed by atoms with Gasteiger partial charge in [-0.25, -0.2) is 9.13 Å². The molecule has 0 bridgehead atoms. The number of esters is 4. The molecule has 19 heteroatoms. The lowest BCUT2D eigenvalue weighted by atomic mass is 9.99. The third-order valence-corrected chi connectivity index (χ3v) is 20.5. The number of phosphoric acid groups is 2. The molecule has 0 aliphatic heterocycles. The van der Waals surface area contributed by atoms with E-state index >= 15 is 0 Å². The highest BCUT2D eigenvalue weighted by Gasteiger charge is 2.30. The van der Waals surface area contributed by atoms with E-state index in [9.17, 15) is 43.2 Å². The molecule has 3 N–H and O–H groups in total. The van der Waals surface area contributed by atoms with E-state index in [0.717, 1.165) is 95.8 Å². The van der Waals surface area contributed by atoms with Gasteiger partial charge in [-0.3, -0.25) is 37.3 Å². The summed E-state index contributed by atoms with van der Waals surface area (Å²) in [6.45, 7) is 7.36. The van der Waals surface area contributed by atoms with Crippen LogP contribution >= 0.6 is 15.6 Å². The van der Waals surface area contributed by atoms with Crippen molar-refractivity contribution in [1.82, 2.24) is 0 Å². The Morgan fingerprint density at radius 3 is 0.732 bits per heavy atom. The predicted molar refractivity (Wildman–Crippen MR) is 395 cm³/mol. The number of aliphatic hydroxyl groups is 1. The lowest BCUT2D eigenvalue weighted by molar-refractivity contribution is -0.161. The summed E-state index contributed by atoms with van der Waals surface area (Å²) in [5, 5.41) is 10.6. The summed E-state index contributed by atoms with van der Waals surface area (Å²) in [6, 6.07) is 0. The van der Waals surface area contributed by atoms with Crippen molar-refractivity contribution in [3.8, 4) is 0 Å². The first-order chi connectivity index (χ1) is 47.1. The minimum atomic E-state index is -4.96. The highest BCUT2D eigenvalue weighted by molar-refractivity contribution is 7.47. The summed E-state index contributed by atoms with van der Waals surface area (Å²) in [5.74, 6) is -1.24. The monoisotopic (exact) mass is 1420 g/mol. The van der Waals surface area contributed by atoms with Gasteiger partial charge in [-0.05, 0) is 31.6 Å². The molecule has 0 spiro atoms. The number of ether oxygens (including phenoxy) is 4. The zero-order chi connectivity index (χ0) is 71.2. The molecule has 3 unspecified atom stereocenters. The van der Waals surface area contributed by atoms with Crippen LogP contribution in [0.2, 0.25) is 0 Å². The molecule has 576 valence electrons. The van der Waals surface area contributed by atoms with Crippen LogP contribution in [0.25, 0.3) is 0 Å². The van der Waals surface area contributed by atoms with Crippen LogP contribution in [0.3, 0.4) is 0 Å². The standard InChI is InChI=1S/C78H152O17P2/c1-6-10-13-16-19-22-24-26-34-38-42-47-52-57-62-76(81)89-68-74(95-78(83)64-59-54-49-44-39-35-32-30-28-27-29-31-33-36-41-45-50-55-60-71(5)9-4)70-93-97(86,87)91-66-72(79)65-90-96(84,85)92-69-73(67-88-75(80)61-56-51-46-40-21-18-15-12-8-3)94-77(82)63-58-53-48-43-37-25-23-20-17-14-11-7-2/h71-74,79H,6-70H2,1-5H3,(H,84,85)(H,86,87)/t71?,72-,73+,74+/m0/s1. The molecule has 0 saturated carbocycles. The highest BCUT2D eigenvalue weighted by Crippen LogP contribution is 2.45. The van der Waals surface area contributed by atoms with Crippen molar-refractivity contribution in [3.05, 3.63) is 0 Å². The molecule has 0 rings (SSSR count). The van der Waals surface area contributed by atoms with Crippen LogP contribution in [0.5, 0.6) is 0 Å².